The third-order valence-corrected chi connectivity index (χ3v) is 3.16. The van der Waals surface area contributed by atoms with Crippen LogP contribution < -0.4 is 0 Å². The van der Waals surface area contributed by atoms with E-state index < -0.39 is 0 Å². The third kappa shape index (κ3) is 1.91. The summed E-state index contributed by atoms with van der Waals surface area (Å²) in [5, 5.41) is 0. The summed E-state index contributed by atoms with van der Waals surface area (Å²) in [6.07, 6.45) is 4.95. The van der Waals surface area contributed by atoms with Gasteiger partial charge < -0.3 is 9.32 Å². The number of amides is 1. The van der Waals surface area contributed by atoms with Gasteiger partial charge in [-0.15, -0.1) is 0 Å². The first-order chi connectivity index (χ1) is 7.20. The Labute approximate surface area is 90.1 Å². The molecule has 1 aliphatic heterocycles. The van der Waals surface area contributed by atoms with E-state index in [9.17, 15) is 4.79 Å². The highest BCUT2D eigenvalue weighted by atomic mass is 16.3. The zero-order valence-electron chi connectivity index (χ0n) is 9.27. The van der Waals surface area contributed by atoms with E-state index in [1.165, 1.54) is 6.42 Å². The molecular formula is C12H17NO2. The van der Waals surface area contributed by atoms with Crippen LogP contribution in [0.1, 0.15) is 43.7 Å². The summed E-state index contributed by atoms with van der Waals surface area (Å²) < 4.78 is 5.15. The molecule has 0 unspecified atom stereocenters. The summed E-state index contributed by atoms with van der Waals surface area (Å²) in [5.74, 6) is 0.482. The van der Waals surface area contributed by atoms with Crippen molar-refractivity contribution < 1.29 is 9.21 Å². The van der Waals surface area contributed by atoms with Crippen molar-refractivity contribution in [2.45, 2.75) is 45.2 Å². The monoisotopic (exact) mass is 207 g/mol. The van der Waals surface area contributed by atoms with Gasteiger partial charge in [-0.1, -0.05) is 0 Å². The average Bonchev–Trinajstić information content (AvgIpc) is 2.69. The lowest BCUT2D eigenvalue weighted by atomic mass is 9.97. The number of hydrogen-bond donors (Lipinski definition) is 0. The van der Waals surface area contributed by atoms with Crippen LogP contribution in [0.4, 0.5) is 0 Å². The van der Waals surface area contributed by atoms with Gasteiger partial charge in [-0.25, -0.2) is 0 Å². The van der Waals surface area contributed by atoms with Gasteiger partial charge in [-0.2, -0.15) is 0 Å². The van der Waals surface area contributed by atoms with Crippen LogP contribution in [0.2, 0.25) is 0 Å². The molecule has 1 aliphatic rings. The largest absolute Gasteiger partial charge is 0.459 e. The van der Waals surface area contributed by atoms with Crippen molar-refractivity contribution in [3.8, 4) is 0 Å². The lowest BCUT2D eigenvalue weighted by Crippen LogP contribution is -2.47. The SMILES string of the molecule is C[C@@H]1CCC[C@H](C)N1C(=O)c1ccco1. The Morgan fingerprint density at radius 1 is 1.40 bits per heavy atom. The molecule has 1 fully saturated rings. The smallest absolute Gasteiger partial charge is 0.290 e. The van der Waals surface area contributed by atoms with Gasteiger partial charge in [0.25, 0.3) is 5.91 Å². The fourth-order valence-corrected chi connectivity index (χ4v) is 2.35. The molecule has 3 nitrogen and oxygen atoms in total. The maximum atomic E-state index is 12.1. The van der Waals surface area contributed by atoms with Crippen molar-refractivity contribution >= 4 is 5.91 Å². The number of piperidine rings is 1. The van der Waals surface area contributed by atoms with Crippen LogP contribution in [-0.4, -0.2) is 22.9 Å². The van der Waals surface area contributed by atoms with E-state index in [1.807, 2.05) is 4.90 Å². The van der Waals surface area contributed by atoms with E-state index in [1.54, 1.807) is 18.4 Å². The van der Waals surface area contributed by atoms with Crippen molar-refractivity contribution in [3.05, 3.63) is 24.2 Å². The van der Waals surface area contributed by atoms with Gasteiger partial charge in [0.15, 0.2) is 5.76 Å². The highest BCUT2D eigenvalue weighted by molar-refractivity contribution is 5.91. The standard InChI is InChI=1S/C12H17NO2/c1-9-5-3-6-10(2)13(9)12(14)11-7-4-8-15-11/h4,7-10H,3,5-6H2,1-2H3/t9-,10+. The molecule has 0 bridgehead atoms. The van der Waals surface area contributed by atoms with Gasteiger partial charge in [0.1, 0.15) is 0 Å². The van der Waals surface area contributed by atoms with Crippen LogP contribution in [0, 0.1) is 0 Å². The number of likely N-dealkylation sites (tertiary alicyclic amines) is 1. The molecule has 0 aromatic carbocycles. The Kier molecular flexibility index (Phi) is 2.80. The fraction of sp³-hybridized carbons (Fsp3) is 0.583. The zero-order chi connectivity index (χ0) is 10.8. The average molecular weight is 207 g/mol. The Morgan fingerprint density at radius 2 is 2.07 bits per heavy atom. The van der Waals surface area contributed by atoms with Crippen LogP contribution in [0.5, 0.6) is 0 Å². The molecule has 2 rings (SSSR count). The van der Waals surface area contributed by atoms with E-state index in [2.05, 4.69) is 13.8 Å². The van der Waals surface area contributed by atoms with Crippen LogP contribution >= 0.6 is 0 Å². The highest BCUT2D eigenvalue weighted by Crippen LogP contribution is 2.24. The molecule has 2 atom stereocenters. The molecule has 15 heavy (non-hydrogen) atoms. The van der Waals surface area contributed by atoms with Crippen LogP contribution in [0.3, 0.4) is 0 Å². The second kappa shape index (κ2) is 4.09. The van der Waals surface area contributed by atoms with E-state index in [0.29, 0.717) is 17.8 Å². The second-order valence-corrected chi connectivity index (χ2v) is 4.32. The quantitative estimate of drug-likeness (QED) is 0.709. The fourth-order valence-electron chi connectivity index (χ4n) is 2.35. The first-order valence-corrected chi connectivity index (χ1v) is 5.56. The minimum Gasteiger partial charge on any atom is -0.459 e. The van der Waals surface area contributed by atoms with Crippen LogP contribution in [-0.2, 0) is 0 Å². The van der Waals surface area contributed by atoms with Crippen molar-refractivity contribution in [2.75, 3.05) is 0 Å². The molecule has 1 aromatic heterocycles. The molecule has 0 saturated carbocycles. The number of nitrogens with zero attached hydrogens (tertiary/aromatic N) is 1. The molecule has 0 radical (unpaired) electrons. The lowest BCUT2D eigenvalue weighted by Gasteiger charge is -2.38. The van der Waals surface area contributed by atoms with Crippen LogP contribution in [0.15, 0.2) is 22.8 Å². The van der Waals surface area contributed by atoms with E-state index in [-0.39, 0.29) is 5.91 Å². The van der Waals surface area contributed by atoms with E-state index >= 15 is 0 Å². The Morgan fingerprint density at radius 3 is 2.60 bits per heavy atom. The summed E-state index contributed by atoms with van der Waals surface area (Å²) in [6, 6.07) is 4.14. The Balaban J connectivity index is 2.17. The highest BCUT2D eigenvalue weighted by Gasteiger charge is 2.30. The van der Waals surface area contributed by atoms with Gasteiger partial charge in [-0.05, 0) is 45.2 Å². The van der Waals surface area contributed by atoms with Crippen molar-refractivity contribution in [2.24, 2.45) is 0 Å². The molecule has 82 valence electrons. The van der Waals surface area contributed by atoms with Crippen molar-refractivity contribution in [1.29, 1.82) is 0 Å². The lowest BCUT2D eigenvalue weighted by molar-refractivity contribution is 0.0478. The van der Waals surface area contributed by atoms with Gasteiger partial charge in [0.05, 0.1) is 6.26 Å². The molecule has 0 N–H and O–H groups in total. The minimum absolute atomic E-state index is 0.0275. The maximum absolute atomic E-state index is 12.1. The zero-order valence-corrected chi connectivity index (χ0v) is 9.27. The summed E-state index contributed by atoms with van der Waals surface area (Å²) in [7, 11) is 0. The summed E-state index contributed by atoms with van der Waals surface area (Å²) >= 11 is 0. The molecular weight excluding hydrogens is 190 g/mol. The van der Waals surface area contributed by atoms with E-state index in [0.717, 1.165) is 12.8 Å². The number of furan rings is 1. The summed E-state index contributed by atoms with van der Waals surface area (Å²) in [6.45, 7) is 4.22. The van der Waals surface area contributed by atoms with Gasteiger partial charge >= 0.3 is 0 Å². The van der Waals surface area contributed by atoms with Gasteiger partial charge in [0.2, 0.25) is 0 Å². The van der Waals surface area contributed by atoms with Crippen molar-refractivity contribution in [3.63, 3.8) is 0 Å². The minimum atomic E-state index is 0.0275. The molecule has 2 heterocycles. The first-order valence-electron chi connectivity index (χ1n) is 5.56. The number of rotatable bonds is 1. The van der Waals surface area contributed by atoms with Gasteiger partial charge in [-0.3, -0.25) is 4.79 Å². The predicted octanol–water partition coefficient (Wildman–Crippen LogP) is 2.68. The molecule has 1 aromatic rings. The number of carbonyl (C=O) groups is 1. The third-order valence-electron chi connectivity index (χ3n) is 3.16. The molecule has 3 heteroatoms. The number of carbonyl (C=O) groups excluding carboxylic acids is 1. The maximum Gasteiger partial charge on any atom is 0.290 e. The first kappa shape index (κ1) is 10.3. The summed E-state index contributed by atoms with van der Waals surface area (Å²) in [4.78, 5) is 14.1. The van der Waals surface area contributed by atoms with E-state index in [4.69, 9.17) is 4.42 Å². The molecule has 1 amide bonds. The molecule has 0 aliphatic carbocycles. The topological polar surface area (TPSA) is 33.5 Å². The summed E-state index contributed by atoms with van der Waals surface area (Å²) in [5.41, 5.74) is 0. The van der Waals surface area contributed by atoms with Crippen molar-refractivity contribution in [1.82, 2.24) is 4.90 Å². The Hall–Kier alpha value is -1.25. The molecule has 1 saturated heterocycles. The second-order valence-electron chi connectivity index (χ2n) is 4.32. The van der Waals surface area contributed by atoms with Crippen LogP contribution in [0.25, 0.3) is 0 Å². The molecule has 0 spiro atoms. The normalized spacial score (nSPS) is 26.7. The predicted molar refractivity (Wildman–Crippen MR) is 57.7 cm³/mol. The Bertz CT molecular complexity index is 321. The number of hydrogen-bond acceptors (Lipinski definition) is 2. The van der Waals surface area contributed by atoms with Gasteiger partial charge in [0, 0.05) is 12.1 Å².